The van der Waals surface area contributed by atoms with Crippen molar-refractivity contribution in [3.05, 3.63) is 47.3 Å². The second-order valence-corrected chi connectivity index (χ2v) is 4.18. The molecule has 0 radical (unpaired) electrons. The van der Waals surface area contributed by atoms with Gasteiger partial charge < -0.3 is 14.6 Å². The number of ether oxygens (including phenoxy) is 1. The number of methoxy groups -OCH3 is 1. The molecule has 0 spiro atoms. The standard InChI is InChI=1S/C14H16N2O3/c1-10-8-13(16-19-10)14(17)15-7-6-11-4-3-5-12(9-11)18-2/h3-5,8-9H,6-7H2,1-2H3,(H,15,17). The van der Waals surface area contributed by atoms with Gasteiger partial charge in [0.15, 0.2) is 5.69 Å². The number of hydrogen-bond donors (Lipinski definition) is 1. The number of benzene rings is 1. The van der Waals surface area contributed by atoms with Crippen molar-refractivity contribution in [2.75, 3.05) is 13.7 Å². The first-order valence-corrected chi connectivity index (χ1v) is 6.03. The molecule has 1 N–H and O–H groups in total. The van der Waals surface area contributed by atoms with E-state index in [1.807, 2.05) is 24.3 Å². The van der Waals surface area contributed by atoms with E-state index < -0.39 is 0 Å². The van der Waals surface area contributed by atoms with E-state index in [0.717, 1.165) is 17.7 Å². The molecule has 1 amide bonds. The Kier molecular flexibility index (Phi) is 4.18. The lowest BCUT2D eigenvalue weighted by atomic mass is 10.1. The number of nitrogens with zero attached hydrogens (tertiary/aromatic N) is 1. The zero-order chi connectivity index (χ0) is 13.7. The maximum atomic E-state index is 11.7. The topological polar surface area (TPSA) is 64.4 Å². The average Bonchev–Trinajstić information content (AvgIpc) is 2.86. The molecule has 0 fully saturated rings. The van der Waals surface area contributed by atoms with Crippen LogP contribution in [0, 0.1) is 6.92 Å². The summed E-state index contributed by atoms with van der Waals surface area (Å²) in [4.78, 5) is 11.7. The van der Waals surface area contributed by atoms with Gasteiger partial charge >= 0.3 is 0 Å². The number of amides is 1. The third-order valence-corrected chi connectivity index (χ3v) is 2.69. The summed E-state index contributed by atoms with van der Waals surface area (Å²) in [5.41, 5.74) is 1.42. The van der Waals surface area contributed by atoms with Crippen molar-refractivity contribution >= 4 is 5.91 Å². The van der Waals surface area contributed by atoms with Gasteiger partial charge in [-0.15, -0.1) is 0 Å². The molecule has 1 aromatic heterocycles. The van der Waals surface area contributed by atoms with Gasteiger partial charge in [0, 0.05) is 12.6 Å². The van der Waals surface area contributed by atoms with E-state index in [1.165, 1.54) is 0 Å². The summed E-state index contributed by atoms with van der Waals surface area (Å²) in [5, 5.41) is 6.46. The van der Waals surface area contributed by atoms with Gasteiger partial charge in [0.25, 0.3) is 5.91 Å². The van der Waals surface area contributed by atoms with E-state index in [2.05, 4.69) is 10.5 Å². The fourth-order valence-electron chi connectivity index (χ4n) is 1.71. The highest BCUT2D eigenvalue weighted by atomic mass is 16.5. The lowest BCUT2D eigenvalue weighted by molar-refractivity contribution is 0.0945. The number of carbonyl (C=O) groups is 1. The highest BCUT2D eigenvalue weighted by Crippen LogP contribution is 2.12. The van der Waals surface area contributed by atoms with E-state index in [4.69, 9.17) is 9.26 Å². The highest BCUT2D eigenvalue weighted by Gasteiger charge is 2.09. The van der Waals surface area contributed by atoms with Crippen LogP contribution in [0.5, 0.6) is 5.75 Å². The van der Waals surface area contributed by atoms with Gasteiger partial charge in [0.05, 0.1) is 7.11 Å². The molecule has 1 heterocycles. The fourth-order valence-corrected chi connectivity index (χ4v) is 1.71. The molecule has 5 heteroatoms. The van der Waals surface area contributed by atoms with E-state index in [-0.39, 0.29) is 5.91 Å². The first-order chi connectivity index (χ1) is 9.19. The molecule has 0 aliphatic rings. The molecule has 5 nitrogen and oxygen atoms in total. The SMILES string of the molecule is COc1cccc(CCNC(=O)c2cc(C)on2)c1. The smallest absolute Gasteiger partial charge is 0.273 e. The molecule has 0 bridgehead atoms. The zero-order valence-corrected chi connectivity index (χ0v) is 11.0. The molecule has 0 aliphatic heterocycles. The Morgan fingerprint density at radius 3 is 2.95 bits per heavy atom. The molecule has 2 aromatic rings. The lowest BCUT2D eigenvalue weighted by Gasteiger charge is -2.05. The molecule has 2 rings (SSSR count). The number of carbonyl (C=O) groups excluding carboxylic acids is 1. The molecule has 19 heavy (non-hydrogen) atoms. The Hall–Kier alpha value is -2.30. The van der Waals surface area contributed by atoms with Crippen LogP contribution in [0.3, 0.4) is 0 Å². The zero-order valence-electron chi connectivity index (χ0n) is 11.0. The molecule has 0 atom stereocenters. The van der Waals surface area contributed by atoms with Crippen molar-refractivity contribution in [1.29, 1.82) is 0 Å². The maximum Gasteiger partial charge on any atom is 0.273 e. The van der Waals surface area contributed by atoms with Crippen LogP contribution in [-0.4, -0.2) is 24.7 Å². The van der Waals surface area contributed by atoms with Gasteiger partial charge in [-0.3, -0.25) is 4.79 Å². The Morgan fingerprint density at radius 1 is 1.42 bits per heavy atom. The number of aryl methyl sites for hydroxylation is 1. The molecule has 0 saturated heterocycles. The minimum atomic E-state index is -0.222. The summed E-state index contributed by atoms with van der Waals surface area (Å²) in [6.45, 7) is 2.29. The van der Waals surface area contributed by atoms with Crippen molar-refractivity contribution in [1.82, 2.24) is 10.5 Å². The second kappa shape index (κ2) is 6.04. The lowest BCUT2D eigenvalue weighted by Crippen LogP contribution is -2.25. The largest absolute Gasteiger partial charge is 0.497 e. The Morgan fingerprint density at radius 2 is 2.26 bits per heavy atom. The molecule has 0 unspecified atom stereocenters. The summed E-state index contributed by atoms with van der Waals surface area (Å²) in [5.74, 6) is 1.22. The van der Waals surface area contributed by atoms with Crippen LogP contribution < -0.4 is 10.1 Å². The predicted octanol–water partition coefficient (Wildman–Crippen LogP) is 1.96. The molecule has 0 saturated carbocycles. The first kappa shape index (κ1) is 13.1. The molecule has 100 valence electrons. The van der Waals surface area contributed by atoms with Crippen molar-refractivity contribution in [3.8, 4) is 5.75 Å². The molecule has 1 aromatic carbocycles. The third kappa shape index (κ3) is 3.58. The van der Waals surface area contributed by atoms with Crippen molar-refractivity contribution in [2.45, 2.75) is 13.3 Å². The maximum absolute atomic E-state index is 11.7. The van der Waals surface area contributed by atoms with Gasteiger partial charge in [-0.05, 0) is 31.0 Å². The predicted molar refractivity (Wildman–Crippen MR) is 70.3 cm³/mol. The minimum Gasteiger partial charge on any atom is -0.497 e. The second-order valence-electron chi connectivity index (χ2n) is 4.18. The summed E-state index contributed by atoms with van der Waals surface area (Å²) >= 11 is 0. The van der Waals surface area contributed by atoms with Crippen LogP contribution >= 0.6 is 0 Å². The van der Waals surface area contributed by atoms with Gasteiger partial charge in [-0.2, -0.15) is 0 Å². The fraction of sp³-hybridized carbons (Fsp3) is 0.286. The van der Waals surface area contributed by atoms with E-state index >= 15 is 0 Å². The first-order valence-electron chi connectivity index (χ1n) is 6.03. The van der Waals surface area contributed by atoms with E-state index in [0.29, 0.717) is 18.0 Å². The van der Waals surface area contributed by atoms with Crippen LogP contribution in [0.25, 0.3) is 0 Å². The molecule has 0 aliphatic carbocycles. The van der Waals surface area contributed by atoms with Crippen molar-refractivity contribution in [3.63, 3.8) is 0 Å². The Bertz CT molecular complexity index is 563. The summed E-state index contributed by atoms with van der Waals surface area (Å²) < 4.78 is 10.00. The summed E-state index contributed by atoms with van der Waals surface area (Å²) in [6, 6.07) is 9.37. The Labute approximate surface area is 111 Å². The van der Waals surface area contributed by atoms with Crippen LogP contribution in [0.2, 0.25) is 0 Å². The quantitative estimate of drug-likeness (QED) is 0.892. The van der Waals surface area contributed by atoms with E-state index in [9.17, 15) is 4.79 Å². The van der Waals surface area contributed by atoms with Crippen molar-refractivity contribution in [2.24, 2.45) is 0 Å². The number of aromatic nitrogens is 1. The van der Waals surface area contributed by atoms with Gasteiger partial charge in [0.2, 0.25) is 0 Å². The number of hydrogen-bond acceptors (Lipinski definition) is 4. The molecular formula is C14H16N2O3. The number of rotatable bonds is 5. The van der Waals surface area contributed by atoms with Crippen LogP contribution in [0.4, 0.5) is 0 Å². The van der Waals surface area contributed by atoms with Gasteiger partial charge in [0.1, 0.15) is 11.5 Å². The monoisotopic (exact) mass is 260 g/mol. The van der Waals surface area contributed by atoms with Gasteiger partial charge in [-0.1, -0.05) is 17.3 Å². The van der Waals surface area contributed by atoms with Crippen molar-refractivity contribution < 1.29 is 14.1 Å². The normalized spacial score (nSPS) is 10.2. The third-order valence-electron chi connectivity index (χ3n) is 2.69. The van der Waals surface area contributed by atoms with Gasteiger partial charge in [-0.25, -0.2) is 0 Å². The minimum absolute atomic E-state index is 0.222. The number of nitrogens with one attached hydrogen (secondary N) is 1. The summed E-state index contributed by atoms with van der Waals surface area (Å²) in [6.07, 6.45) is 0.736. The highest BCUT2D eigenvalue weighted by molar-refractivity contribution is 5.92. The van der Waals surface area contributed by atoms with E-state index in [1.54, 1.807) is 20.1 Å². The summed E-state index contributed by atoms with van der Waals surface area (Å²) in [7, 11) is 1.63. The van der Waals surface area contributed by atoms with Crippen LogP contribution in [-0.2, 0) is 6.42 Å². The van der Waals surface area contributed by atoms with Crippen LogP contribution in [0.1, 0.15) is 21.8 Å². The Balaban J connectivity index is 1.84. The molecular weight excluding hydrogens is 244 g/mol. The average molecular weight is 260 g/mol. The van der Waals surface area contributed by atoms with Crippen LogP contribution in [0.15, 0.2) is 34.9 Å².